The highest BCUT2D eigenvalue weighted by Gasteiger charge is 2.21. The zero-order chi connectivity index (χ0) is 8.55. The van der Waals surface area contributed by atoms with Gasteiger partial charge >= 0.3 is 0 Å². The number of nitrogens with two attached hydrogens (primary N) is 1. The van der Waals surface area contributed by atoms with Gasteiger partial charge in [-0.25, -0.2) is 0 Å². The predicted molar refractivity (Wildman–Crippen MR) is 52.0 cm³/mol. The number of anilines is 1. The molecule has 12 heavy (non-hydrogen) atoms. The van der Waals surface area contributed by atoms with E-state index in [1.54, 1.807) is 0 Å². The van der Waals surface area contributed by atoms with Crippen LogP contribution in [0.5, 0.6) is 0 Å². The van der Waals surface area contributed by atoms with Gasteiger partial charge in [-0.3, -0.25) is 0 Å². The second kappa shape index (κ2) is 2.81. The largest absolute Gasteiger partial charge is 0.399 e. The summed E-state index contributed by atoms with van der Waals surface area (Å²) in [4.78, 5) is 0. The van der Waals surface area contributed by atoms with Crippen LogP contribution in [0.15, 0.2) is 18.2 Å². The van der Waals surface area contributed by atoms with Gasteiger partial charge in [-0.1, -0.05) is 12.1 Å². The van der Waals surface area contributed by atoms with E-state index in [1.807, 2.05) is 6.07 Å². The maximum Gasteiger partial charge on any atom is 0.0343 e. The fourth-order valence-electron chi connectivity index (χ4n) is 1.52. The molecule has 1 saturated carbocycles. The monoisotopic (exact) mass is 161 g/mol. The van der Waals surface area contributed by atoms with Crippen LogP contribution in [0.2, 0.25) is 0 Å². The lowest BCUT2D eigenvalue weighted by Gasteiger charge is -2.03. The van der Waals surface area contributed by atoms with E-state index in [9.17, 15) is 0 Å². The molecule has 1 aromatic carbocycles. The van der Waals surface area contributed by atoms with Crippen molar-refractivity contribution < 1.29 is 0 Å². The number of benzene rings is 1. The second-order valence-corrected chi connectivity index (χ2v) is 3.84. The molecule has 0 aliphatic heterocycles. The zero-order valence-electron chi connectivity index (χ0n) is 7.51. The Bertz CT molecular complexity index is 287. The SMILES string of the molecule is Cc1cc(CC2CC2)ccc1N. The van der Waals surface area contributed by atoms with E-state index in [-0.39, 0.29) is 0 Å². The first-order chi connectivity index (χ1) is 5.75. The van der Waals surface area contributed by atoms with Crippen molar-refractivity contribution in [1.82, 2.24) is 0 Å². The maximum absolute atomic E-state index is 5.74. The summed E-state index contributed by atoms with van der Waals surface area (Å²) >= 11 is 0. The van der Waals surface area contributed by atoms with Crippen molar-refractivity contribution in [3.63, 3.8) is 0 Å². The maximum atomic E-state index is 5.74. The van der Waals surface area contributed by atoms with Gasteiger partial charge in [0.15, 0.2) is 0 Å². The molecule has 1 nitrogen and oxygen atoms in total. The van der Waals surface area contributed by atoms with Gasteiger partial charge in [0, 0.05) is 5.69 Å². The fourth-order valence-corrected chi connectivity index (χ4v) is 1.52. The van der Waals surface area contributed by atoms with Crippen LogP contribution in [0, 0.1) is 12.8 Å². The van der Waals surface area contributed by atoms with E-state index in [0.717, 1.165) is 11.6 Å². The minimum absolute atomic E-state index is 0.912. The molecule has 2 N–H and O–H groups in total. The summed E-state index contributed by atoms with van der Waals surface area (Å²) in [5.74, 6) is 0.966. The van der Waals surface area contributed by atoms with Gasteiger partial charge in [0.2, 0.25) is 0 Å². The molecule has 1 fully saturated rings. The summed E-state index contributed by atoms with van der Waals surface area (Å²) in [5, 5.41) is 0. The average molecular weight is 161 g/mol. The van der Waals surface area contributed by atoms with E-state index in [1.165, 1.54) is 30.4 Å². The van der Waals surface area contributed by atoms with Gasteiger partial charge in [-0.2, -0.15) is 0 Å². The zero-order valence-corrected chi connectivity index (χ0v) is 7.51. The molecule has 0 radical (unpaired) electrons. The molecule has 0 atom stereocenters. The third-order valence-corrected chi connectivity index (χ3v) is 2.56. The van der Waals surface area contributed by atoms with Crippen LogP contribution in [0.4, 0.5) is 5.69 Å². The second-order valence-electron chi connectivity index (χ2n) is 3.84. The molecular weight excluding hydrogens is 146 g/mol. The van der Waals surface area contributed by atoms with Crippen LogP contribution in [-0.2, 0) is 6.42 Å². The Morgan fingerprint density at radius 1 is 1.42 bits per heavy atom. The first kappa shape index (κ1) is 7.66. The standard InChI is InChI=1S/C11H15N/c1-8-6-10(4-5-11(8)12)7-9-2-3-9/h4-6,9H,2-3,7,12H2,1H3. The number of aryl methyl sites for hydroxylation is 1. The highest BCUT2D eigenvalue weighted by Crippen LogP contribution is 2.32. The Balaban J connectivity index is 2.15. The summed E-state index contributed by atoms with van der Waals surface area (Å²) in [6.07, 6.45) is 4.09. The van der Waals surface area contributed by atoms with Crippen LogP contribution in [0.25, 0.3) is 0 Å². The molecule has 64 valence electrons. The summed E-state index contributed by atoms with van der Waals surface area (Å²) in [7, 11) is 0. The van der Waals surface area contributed by atoms with Gasteiger partial charge in [-0.05, 0) is 49.3 Å². The highest BCUT2D eigenvalue weighted by molar-refractivity contribution is 5.47. The van der Waals surface area contributed by atoms with Gasteiger partial charge in [-0.15, -0.1) is 0 Å². The number of hydrogen-bond acceptors (Lipinski definition) is 1. The molecule has 1 aromatic rings. The van der Waals surface area contributed by atoms with Crippen molar-refractivity contribution in [1.29, 1.82) is 0 Å². The quantitative estimate of drug-likeness (QED) is 0.663. The number of nitrogen functional groups attached to an aromatic ring is 1. The molecule has 1 aliphatic rings. The average Bonchev–Trinajstić information content (AvgIpc) is 2.81. The lowest BCUT2D eigenvalue weighted by Crippen LogP contribution is -1.92. The van der Waals surface area contributed by atoms with Gasteiger partial charge in [0.25, 0.3) is 0 Å². The Hall–Kier alpha value is -0.980. The van der Waals surface area contributed by atoms with Crippen LogP contribution in [-0.4, -0.2) is 0 Å². The van der Waals surface area contributed by atoms with Crippen molar-refractivity contribution in [2.24, 2.45) is 5.92 Å². The van der Waals surface area contributed by atoms with Crippen molar-refractivity contribution in [3.8, 4) is 0 Å². The van der Waals surface area contributed by atoms with Crippen LogP contribution >= 0.6 is 0 Å². The normalized spacial score (nSPS) is 16.4. The first-order valence-electron chi connectivity index (χ1n) is 4.61. The Kier molecular flexibility index (Phi) is 1.80. The Morgan fingerprint density at radius 3 is 2.75 bits per heavy atom. The smallest absolute Gasteiger partial charge is 0.0343 e. The summed E-state index contributed by atoms with van der Waals surface area (Å²) in [5.41, 5.74) is 9.31. The molecule has 0 bridgehead atoms. The molecule has 0 amide bonds. The Morgan fingerprint density at radius 2 is 2.17 bits per heavy atom. The van der Waals surface area contributed by atoms with E-state index >= 15 is 0 Å². The predicted octanol–water partition coefficient (Wildman–Crippen LogP) is 2.53. The van der Waals surface area contributed by atoms with Gasteiger partial charge < -0.3 is 5.73 Å². The minimum Gasteiger partial charge on any atom is -0.399 e. The van der Waals surface area contributed by atoms with Crippen LogP contribution in [0.3, 0.4) is 0 Å². The van der Waals surface area contributed by atoms with Crippen LogP contribution < -0.4 is 5.73 Å². The summed E-state index contributed by atoms with van der Waals surface area (Å²) < 4.78 is 0. The third kappa shape index (κ3) is 1.60. The van der Waals surface area contributed by atoms with E-state index in [2.05, 4.69) is 19.1 Å². The number of hydrogen-bond donors (Lipinski definition) is 1. The third-order valence-electron chi connectivity index (χ3n) is 2.56. The first-order valence-corrected chi connectivity index (χ1v) is 4.61. The summed E-state index contributed by atoms with van der Waals surface area (Å²) in [6.45, 7) is 2.08. The summed E-state index contributed by atoms with van der Waals surface area (Å²) in [6, 6.07) is 6.39. The molecular formula is C11H15N. The lowest BCUT2D eigenvalue weighted by molar-refractivity contribution is 0.832. The fraction of sp³-hybridized carbons (Fsp3) is 0.455. The minimum atomic E-state index is 0.912. The van der Waals surface area contributed by atoms with Crippen molar-refractivity contribution >= 4 is 5.69 Å². The molecule has 2 rings (SSSR count). The van der Waals surface area contributed by atoms with E-state index in [4.69, 9.17) is 5.73 Å². The topological polar surface area (TPSA) is 26.0 Å². The molecule has 0 aromatic heterocycles. The molecule has 0 unspecified atom stereocenters. The van der Waals surface area contributed by atoms with Crippen molar-refractivity contribution in [3.05, 3.63) is 29.3 Å². The molecule has 0 saturated heterocycles. The van der Waals surface area contributed by atoms with Crippen molar-refractivity contribution in [2.75, 3.05) is 5.73 Å². The molecule has 0 spiro atoms. The highest BCUT2D eigenvalue weighted by atomic mass is 14.5. The molecule has 1 aliphatic carbocycles. The van der Waals surface area contributed by atoms with Crippen molar-refractivity contribution in [2.45, 2.75) is 26.2 Å². The number of rotatable bonds is 2. The molecule has 0 heterocycles. The van der Waals surface area contributed by atoms with E-state index in [0.29, 0.717) is 0 Å². The van der Waals surface area contributed by atoms with Crippen LogP contribution in [0.1, 0.15) is 24.0 Å². The lowest BCUT2D eigenvalue weighted by atomic mass is 10.1. The Labute approximate surface area is 73.6 Å². The molecule has 1 heteroatoms. The van der Waals surface area contributed by atoms with Gasteiger partial charge in [0.05, 0.1) is 0 Å². The van der Waals surface area contributed by atoms with E-state index < -0.39 is 0 Å². The van der Waals surface area contributed by atoms with Gasteiger partial charge in [0.1, 0.15) is 0 Å².